The monoisotopic (exact) mass is 246 g/mol. The molecule has 0 spiro atoms. The van der Waals surface area contributed by atoms with Crippen molar-refractivity contribution in [2.24, 2.45) is 5.92 Å². The summed E-state index contributed by atoms with van der Waals surface area (Å²) in [7, 11) is 0. The van der Waals surface area contributed by atoms with Crippen LogP contribution in [0.4, 0.5) is 10.5 Å². The Morgan fingerprint density at radius 1 is 1.28 bits per heavy atom. The number of likely N-dealkylation sites (tertiary alicyclic amines) is 1. The summed E-state index contributed by atoms with van der Waals surface area (Å²) in [5, 5.41) is 3.01. The van der Waals surface area contributed by atoms with Crippen LogP contribution >= 0.6 is 0 Å². The van der Waals surface area contributed by atoms with Crippen molar-refractivity contribution >= 4 is 11.7 Å². The molecule has 3 heteroatoms. The number of rotatable bonds is 1. The van der Waals surface area contributed by atoms with Gasteiger partial charge in [-0.05, 0) is 44.2 Å². The summed E-state index contributed by atoms with van der Waals surface area (Å²) in [6.07, 6.45) is 2.22. The van der Waals surface area contributed by atoms with Gasteiger partial charge in [-0.1, -0.05) is 24.6 Å². The highest BCUT2D eigenvalue weighted by Gasteiger charge is 2.20. The summed E-state index contributed by atoms with van der Waals surface area (Å²) in [6, 6.07) is 6.14. The quantitative estimate of drug-likeness (QED) is 0.807. The van der Waals surface area contributed by atoms with Crippen molar-refractivity contribution in [3.05, 3.63) is 29.3 Å². The number of nitrogens with one attached hydrogen (secondary N) is 1. The Morgan fingerprint density at radius 2 is 1.94 bits per heavy atom. The van der Waals surface area contributed by atoms with Gasteiger partial charge in [0, 0.05) is 18.8 Å². The molecule has 1 N–H and O–H groups in total. The predicted molar refractivity (Wildman–Crippen MR) is 74.9 cm³/mol. The Kier molecular flexibility index (Phi) is 3.90. The molecule has 1 fully saturated rings. The zero-order valence-electron chi connectivity index (χ0n) is 11.5. The van der Waals surface area contributed by atoms with E-state index in [0.29, 0.717) is 0 Å². The highest BCUT2D eigenvalue weighted by Crippen LogP contribution is 2.19. The van der Waals surface area contributed by atoms with Gasteiger partial charge in [-0.2, -0.15) is 0 Å². The fourth-order valence-corrected chi connectivity index (χ4v) is 2.36. The van der Waals surface area contributed by atoms with E-state index < -0.39 is 0 Å². The number of hydrogen-bond donors (Lipinski definition) is 1. The molecule has 0 bridgehead atoms. The van der Waals surface area contributed by atoms with Gasteiger partial charge in [0.25, 0.3) is 0 Å². The van der Waals surface area contributed by atoms with Crippen molar-refractivity contribution in [1.82, 2.24) is 4.90 Å². The van der Waals surface area contributed by atoms with E-state index in [4.69, 9.17) is 0 Å². The Labute approximate surface area is 109 Å². The molecule has 1 heterocycles. The van der Waals surface area contributed by atoms with E-state index in [9.17, 15) is 4.79 Å². The van der Waals surface area contributed by atoms with Gasteiger partial charge >= 0.3 is 6.03 Å². The molecule has 1 aliphatic heterocycles. The second-order valence-corrected chi connectivity index (χ2v) is 5.42. The van der Waals surface area contributed by atoms with Gasteiger partial charge in [0.1, 0.15) is 0 Å². The lowest BCUT2D eigenvalue weighted by atomic mass is 10.00. The van der Waals surface area contributed by atoms with Crippen molar-refractivity contribution in [1.29, 1.82) is 0 Å². The fraction of sp³-hybridized carbons (Fsp3) is 0.533. The molecule has 3 nitrogen and oxygen atoms in total. The Hall–Kier alpha value is -1.51. The number of urea groups is 1. The minimum absolute atomic E-state index is 0.0360. The van der Waals surface area contributed by atoms with Gasteiger partial charge in [0.2, 0.25) is 0 Å². The highest BCUT2D eigenvalue weighted by atomic mass is 16.2. The molecule has 0 unspecified atom stereocenters. The third-order valence-corrected chi connectivity index (χ3v) is 3.69. The third-order valence-electron chi connectivity index (χ3n) is 3.69. The highest BCUT2D eigenvalue weighted by molar-refractivity contribution is 5.90. The normalized spacial score (nSPS) is 16.7. The smallest absolute Gasteiger partial charge is 0.321 e. The van der Waals surface area contributed by atoms with Crippen LogP contribution in [0.5, 0.6) is 0 Å². The van der Waals surface area contributed by atoms with E-state index in [0.717, 1.165) is 43.1 Å². The fourth-order valence-electron chi connectivity index (χ4n) is 2.36. The largest absolute Gasteiger partial charge is 0.325 e. The Bertz CT molecular complexity index is 434. The van der Waals surface area contributed by atoms with Gasteiger partial charge in [-0.3, -0.25) is 0 Å². The number of anilines is 1. The van der Waals surface area contributed by atoms with Crippen molar-refractivity contribution < 1.29 is 4.79 Å². The number of hydrogen-bond acceptors (Lipinski definition) is 1. The van der Waals surface area contributed by atoms with Crippen LogP contribution in [0.3, 0.4) is 0 Å². The maximum Gasteiger partial charge on any atom is 0.321 e. The van der Waals surface area contributed by atoms with Gasteiger partial charge in [-0.25, -0.2) is 4.79 Å². The topological polar surface area (TPSA) is 32.3 Å². The number of piperidine rings is 1. The number of carbonyl (C=O) groups is 1. The number of benzene rings is 1. The van der Waals surface area contributed by atoms with Crippen molar-refractivity contribution in [2.45, 2.75) is 33.6 Å². The van der Waals surface area contributed by atoms with E-state index in [1.807, 2.05) is 24.0 Å². The van der Waals surface area contributed by atoms with Gasteiger partial charge in [-0.15, -0.1) is 0 Å². The van der Waals surface area contributed by atoms with Crippen molar-refractivity contribution in [2.75, 3.05) is 18.4 Å². The molecule has 1 aromatic rings. The average molecular weight is 246 g/mol. The molecule has 2 amide bonds. The zero-order valence-corrected chi connectivity index (χ0v) is 11.5. The molecule has 98 valence electrons. The molecule has 1 saturated heterocycles. The number of nitrogens with zero attached hydrogens (tertiary/aromatic N) is 1. The SMILES string of the molecule is Cc1ccc(NC(=O)N2CCC(C)CC2)c(C)c1. The van der Waals surface area contributed by atoms with Crippen LogP contribution in [0.2, 0.25) is 0 Å². The van der Waals surface area contributed by atoms with Crippen molar-refractivity contribution in [3.63, 3.8) is 0 Å². The zero-order chi connectivity index (χ0) is 13.1. The molecular formula is C15H22N2O. The second-order valence-electron chi connectivity index (χ2n) is 5.42. The first kappa shape index (κ1) is 12.9. The van der Waals surface area contributed by atoms with E-state index in [1.54, 1.807) is 0 Å². The van der Waals surface area contributed by atoms with Gasteiger partial charge in [0.15, 0.2) is 0 Å². The van der Waals surface area contributed by atoms with E-state index in [1.165, 1.54) is 5.56 Å². The van der Waals surface area contributed by atoms with E-state index in [-0.39, 0.29) is 6.03 Å². The maximum atomic E-state index is 12.1. The lowest BCUT2D eigenvalue weighted by Gasteiger charge is -2.30. The number of carbonyl (C=O) groups excluding carboxylic acids is 1. The van der Waals surface area contributed by atoms with Crippen LogP contribution in [0, 0.1) is 19.8 Å². The first-order chi connectivity index (χ1) is 8.56. The van der Waals surface area contributed by atoms with Crippen LogP contribution in [-0.4, -0.2) is 24.0 Å². The van der Waals surface area contributed by atoms with Gasteiger partial charge in [0.05, 0.1) is 0 Å². The molecule has 2 rings (SSSR count). The summed E-state index contributed by atoms with van der Waals surface area (Å²) in [5.41, 5.74) is 3.26. The second kappa shape index (κ2) is 5.42. The lowest BCUT2D eigenvalue weighted by Crippen LogP contribution is -2.40. The molecule has 0 radical (unpaired) electrons. The molecule has 0 aliphatic carbocycles. The van der Waals surface area contributed by atoms with Gasteiger partial charge < -0.3 is 10.2 Å². The summed E-state index contributed by atoms with van der Waals surface area (Å²) < 4.78 is 0. The molecule has 1 aliphatic rings. The first-order valence-electron chi connectivity index (χ1n) is 6.69. The standard InChI is InChI=1S/C15H22N2O/c1-11-6-8-17(9-7-11)15(18)16-14-5-4-12(2)10-13(14)3/h4-5,10-11H,6-9H2,1-3H3,(H,16,18). The summed E-state index contributed by atoms with van der Waals surface area (Å²) in [4.78, 5) is 14.0. The molecule has 0 atom stereocenters. The Balaban J connectivity index is 1.98. The van der Waals surface area contributed by atoms with Crippen LogP contribution in [0.1, 0.15) is 30.9 Å². The average Bonchev–Trinajstić information content (AvgIpc) is 2.33. The van der Waals surface area contributed by atoms with Crippen LogP contribution in [0.15, 0.2) is 18.2 Å². The van der Waals surface area contributed by atoms with Crippen LogP contribution < -0.4 is 5.32 Å². The first-order valence-corrected chi connectivity index (χ1v) is 6.69. The van der Waals surface area contributed by atoms with E-state index >= 15 is 0 Å². The molecule has 0 saturated carbocycles. The Morgan fingerprint density at radius 3 is 2.56 bits per heavy atom. The third kappa shape index (κ3) is 3.03. The maximum absolute atomic E-state index is 12.1. The summed E-state index contributed by atoms with van der Waals surface area (Å²) in [6.45, 7) is 8.08. The molecule has 1 aromatic carbocycles. The van der Waals surface area contributed by atoms with E-state index in [2.05, 4.69) is 25.2 Å². The summed E-state index contributed by atoms with van der Waals surface area (Å²) in [5.74, 6) is 0.746. The minimum atomic E-state index is 0.0360. The number of aryl methyl sites for hydroxylation is 2. The van der Waals surface area contributed by atoms with Crippen molar-refractivity contribution in [3.8, 4) is 0 Å². The molecule has 0 aromatic heterocycles. The molecule has 18 heavy (non-hydrogen) atoms. The minimum Gasteiger partial charge on any atom is -0.325 e. The van der Waals surface area contributed by atoms with Crippen LogP contribution in [-0.2, 0) is 0 Å². The molecular weight excluding hydrogens is 224 g/mol. The predicted octanol–water partition coefficient (Wildman–Crippen LogP) is 3.57. The summed E-state index contributed by atoms with van der Waals surface area (Å²) >= 11 is 0. The van der Waals surface area contributed by atoms with Crippen LogP contribution in [0.25, 0.3) is 0 Å². The number of amides is 2. The lowest BCUT2D eigenvalue weighted by molar-refractivity contribution is 0.186.